The molecule has 22 heavy (non-hydrogen) atoms. The first kappa shape index (κ1) is 12.4. The van der Waals surface area contributed by atoms with Crippen LogP contribution in [0.15, 0.2) is 67.1 Å². The Morgan fingerprint density at radius 3 is 2.41 bits per heavy atom. The molecule has 0 atom stereocenters. The molecular weight excluding hydrogens is 278 g/mol. The number of nitrogens with zero attached hydrogens (tertiary/aromatic N) is 7. The molecule has 0 N–H and O–H groups in total. The Labute approximate surface area is 125 Å². The van der Waals surface area contributed by atoms with E-state index in [1.807, 2.05) is 54.7 Å². The van der Waals surface area contributed by atoms with Gasteiger partial charge in [-0.1, -0.05) is 6.07 Å². The van der Waals surface area contributed by atoms with Crippen LogP contribution in [0.2, 0.25) is 0 Å². The molecule has 0 radical (unpaired) electrons. The zero-order chi connectivity index (χ0) is 14.8. The number of benzene rings is 1. The zero-order valence-corrected chi connectivity index (χ0v) is 11.5. The summed E-state index contributed by atoms with van der Waals surface area (Å²) in [5.41, 5.74) is 2.49. The summed E-state index contributed by atoms with van der Waals surface area (Å²) in [5.74, 6) is 0.497. The molecule has 0 saturated carbocycles. The van der Waals surface area contributed by atoms with Crippen molar-refractivity contribution in [2.45, 2.75) is 0 Å². The minimum absolute atomic E-state index is 0.497. The Hall–Kier alpha value is -3.35. The quantitative estimate of drug-likeness (QED) is 0.576. The lowest BCUT2D eigenvalue weighted by Gasteiger charge is -2.02. The molecule has 3 aromatic heterocycles. The Morgan fingerprint density at radius 2 is 1.68 bits per heavy atom. The van der Waals surface area contributed by atoms with Gasteiger partial charge in [-0.15, -0.1) is 15.0 Å². The van der Waals surface area contributed by atoms with Gasteiger partial charge in [-0.25, -0.2) is 4.68 Å². The lowest BCUT2D eigenvalue weighted by Crippen LogP contribution is -2.00. The fraction of sp³-hybridized carbons (Fsp3) is 0. The van der Waals surface area contributed by atoms with Crippen LogP contribution in [-0.2, 0) is 0 Å². The van der Waals surface area contributed by atoms with Crippen molar-refractivity contribution in [2.24, 2.45) is 0 Å². The predicted octanol–water partition coefficient (Wildman–Crippen LogP) is 1.91. The van der Waals surface area contributed by atoms with Crippen molar-refractivity contribution in [3.8, 4) is 22.9 Å². The second-order valence-corrected chi connectivity index (χ2v) is 4.58. The van der Waals surface area contributed by atoms with Gasteiger partial charge in [-0.2, -0.15) is 5.10 Å². The van der Waals surface area contributed by atoms with E-state index in [2.05, 4.69) is 25.5 Å². The van der Waals surface area contributed by atoms with Crippen molar-refractivity contribution in [1.29, 1.82) is 0 Å². The maximum absolute atomic E-state index is 4.35. The van der Waals surface area contributed by atoms with Crippen LogP contribution in [0.3, 0.4) is 0 Å². The van der Waals surface area contributed by atoms with Crippen LogP contribution in [0, 0.1) is 0 Å². The van der Waals surface area contributed by atoms with E-state index >= 15 is 0 Å². The zero-order valence-electron chi connectivity index (χ0n) is 11.5. The van der Waals surface area contributed by atoms with Crippen molar-refractivity contribution >= 4 is 0 Å². The van der Waals surface area contributed by atoms with E-state index in [1.54, 1.807) is 17.1 Å². The largest absolute Gasteiger partial charge is 0.253 e. The van der Waals surface area contributed by atoms with Gasteiger partial charge in [0.15, 0.2) is 0 Å². The molecule has 0 aliphatic heterocycles. The number of aromatic nitrogens is 7. The molecule has 106 valence electrons. The van der Waals surface area contributed by atoms with Gasteiger partial charge in [0, 0.05) is 18.6 Å². The highest BCUT2D eigenvalue weighted by Gasteiger charge is 2.08. The molecule has 0 spiro atoms. The van der Waals surface area contributed by atoms with E-state index in [4.69, 9.17) is 0 Å². The van der Waals surface area contributed by atoms with Crippen molar-refractivity contribution in [2.75, 3.05) is 0 Å². The van der Waals surface area contributed by atoms with E-state index in [0.717, 1.165) is 11.4 Å². The molecule has 0 amide bonds. The van der Waals surface area contributed by atoms with E-state index in [-0.39, 0.29) is 0 Å². The van der Waals surface area contributed by atoms with Gasteiger partial charge in [-0.05, 0) is 47.7 Å². The highest BCUT2D eigenvalue weighted by atomic mass is 15.6. The maximum Gasteiger partial charge on any atom is 0.223 e. The van der Waals surface area contributed by atoms with Crippen molar-refractivity contribution in [3.63, 3.8) is 0 Å². The van der Waals surface area contributed by atoms with Crippen LogP contribution >= 0.6 is 0 Å². The van der Waals surface area contributed by atoms with Gasteiger partial charge in [-0.3, -0.25) is 4.98 Å². The van der Waals surface area contributed by atoms with E-state index in [9.17, 15) is 0 Å². The Morgan fingerprint density at radius 1 is 0.818 bits per heavy atom. The first-order chi connectivity index (χ1) is 10.9. The summed E-state index contributed by atoms with van der Waals surface area (Å²) in [5, 5.41) is 16.6. The first-order valence-corrected chi connectivity index (χ1v) is 6.72. The molecule has 0 unspecified atom stereocenters. The van der Waals surface area contributed by atoms with Gasteiger partial charge in [0.2, 0.25) is 5.82 Å². The van der Waals surface area contributed by atoms with Crippen LogP contribution in [-0.4, -0.2) is 35.0 Å². The summed E-state index contributed by atoms with van der Waals surface area (Å²) in [6.45, 7) is 0. The predicted molar refractivity (Wildman–Crippen MR) is 79.5 cm³/mol. The number of pyridine rings is 1. The molecule has 7 heteroatoms. The number of tetrazole rings is 1. The fourth-order valence-corrected chi connectivity index (χ4v) is 2.08. The molecule has 4 rings (SSSR count). The van der Waals surface area contributed by atoms with E-state index in [0.29, 0.717) is 11.5 Å². The Bertz CT molecular complexity index is 864. The standard InChI is InChI=1S/C15H11N7/c1-2-9-16-14(4-1)15-18-20-22(19-15)13-7-5-12(6-8-13)21-11-3-10-17-21/h1-11H. The molecule has 7 nitrogen and oxygen atoms in total. The normalized spacial score (nSPS) is 10.7. The Kier molecular flexibility index (Phi) is 2.93. The molecular formula is C15H11N7. The first-order valence-electron chi connectivity index (χ1n) is 6.72. The van der Waals surface area contributed by atoms with Crippen LogP contribution in [0.4, 0.5) is 0 Å². The Balaban J connectivity index is 1.64. The average molecular weight is 289 g/mol. The van der Waals surface area contributed by atoms with E-state index in [1.165, 1.54) is 4.80 Å². The van der Waals surface area contributed by atoms with Gasteiger partial charge >= 0.3 is 0 Å². The smallest absolute Gasteiger partial charge is 0.223 e. The number of hydrogen-bond acceptors (Lipinski definition) is 5. The maximum atomic E-state index is 4.35. The third-order valence-electron chi connectivity index (χ3n) is 3.16. The van der Waals surface area contributed by atoms with Gasteiger partial charge in [0.1, 0.15) is 5.69 Å². The number of hydrogen-bond donors (Lipinski definition) is 0. The molecule has 0 saturated heterocycles. The third kappa shape index (κ3) is 2.24. The summed E-state index contributed by atoms with van der Waals surface area (Å²) in [4.78, 5) is 5.70. The second kappa shape index (κ2) is 5.21. The van der Waals surface area contributed by atoms with Crippen LogP contribution in [0.25, 0.3) is 22.9 Å². The molecule has 3 heterocycles. The van der Waals surface area contributed by atoms with Crippen LogP contribution < -0.4 is 0 Å². The van der Waals surface area contributed by atoms with Gasteiger partial charge in [0.25, 0.3) is 0 Å². The molecule has 4 aromatic rings. The topological polar surface area (TPSA) is 74.3 Å². The molecule has 1 aromatic carbocycles. The summed E-state index contributed by atoms with van der Waals surface area (Å²) in [7, 11) is 0. The molecule has 0 aliphatic carbocycles. The summed E-state index contributed by atoms with van der Waals surface area (Å²) in [6.07, 6.45) is 5.34. The fourth-order valence-electron chi connectivity index (χ4n) is 2.08. The van der Waals surface area contributed by atoms with Gasteiger partial charge in [0.05, 0.1) is 11.4 Å². The minimum atomic E-state index is 0.497. The average Bonchev–Trinajstić information content (AvgIpc) is 3.28. The third-order valence-corrected chi connectivity index (χ3v) is 3.16. The van der Waals surface area contributed by atoms with E-state index < -0.39 is 0 Å². The van der Waals surface area contributed by atoms with Gasteiger partial charge < -0.3 is 0 Å². The van der Waals surface area contributed by atoms with Crippen molar-refractivity contribution < 1.29 is 0 Å². The second-order valence-electron chi connectivity index (χ2n) is 4.58. The molecule has 0 bridgehead atoms. The van der Waals surface area contributed by atoms with Crippen LogP contribution in [0.5, 0.6) is 0 Å². The summed E-state index contributed by atoms with van der Waals surface area (Å²) in [6, 6.07) is 15.2. The summed E-state index contributed by atoms with van der Waals surface area (Å²) < 4.78 is 1.79. The highest BCUT2D eigenvalue weighted by molar-refractivity contribution is 5.47. The highest BCUT2D eigenvalue weighted by Crippen LogP contribution is 2.13. The number of rotatable bonds is 3. The lowest BCUT2D eigenvalue weighted by molar-refractivity contribution is 0.719. The summed E-state index contributed by atoms with van der Waals surface area (Å²) >= 11 is 0. The SMILES string of the molecule is c1ccc(-c2nnn(-c3ccc(-n4cccn4)cc3)n2)nc1. The lowest BCUT2D eigenvalue weighted by atomic mass is 10.3. The van der Waals surface area contributed by atoms with Crippen molar-refractivity contribution in [3.05, 3.63) is 67.1 Å². The minimum Gasteiger partial charge on any atom is -0.253 e. The van der Waals surface area contributed by atoms with Crippen LogP contribution in [0.1, 0.15) is 0 Å². The monoisotopic (exact) mass is 289 g/mol. The molecule has 0 fully saturated rings. The molecule has 0 aliphatic rings. The van der Waals surface area contributed by atoms with Crippen molar-refractivity contribution in [1.82, 2.24) is 35.0 Å².